The number of anilines is 1. The molecule has 2 aliphatic heterocycles. The number of aliphatic hydroxyl groups is 1. The third-order valence-electron chi connectivity index (χ3n) is 7.30. The van der Waals surface area contributed by atoms with E-state index in [4.69, 9.17) is 0 Å². The molecule has 2 fully saturated rings. The highest BCUT2D eigenvalue weighted by atomic mass is 19.1. The number of piperidine rings is 2. The Morgan fingerprint density at radius 3 is 2.17 bits per heavy atom. The summed E-state index contributed by atoms with van der Waals surface area (Å²) >= 11 is 0. The van der Waals surface area contributed by atoms with Crippen LogP contribution in [-0.2, 0) is 0 Å². The number of carbonyl (C=O) groups excluding carboxylic acids is 1. The normalized spacial score (nSPS) is 20.1. The van der Waals surface area contributed by atoms with E-state index in [0.29, 0.717) is 31.1 Å². The fourth-order valence-electron chi connectivity index (χ4n) is 5.39. The highest BCUT2D eigenvalue weighted by molar-refractivity contribution is 5.94. The van der Waals surface area contributed by atoms with Gasteiger partial charge in [0.25, 0.3) is 5.91 Å². The zero-order valence-corrected chi connectivity index (χ0v) is 21.4. The molecule has 0 aliphatic carbocycles. The fraction of sp³-hybridized carbons (Fsp3) is 0.552. The molecule has 1 unspecified atom stereocenters. The van der Waals surface area contributed by atoms with Gasteiger partial charge in [0.2, 0.25) is 0 Å². The Labute approximate surface area is 209 Å². The van der Waals surface area contributed by atoms with Crippen LogP contribution >= 0.6 is 0 Å². The predicted octanol–water partition coefficient (Wildman–Crippen LogP) is 4.85. The lowest BCUT2D eigenvalue weighted by molar-refractivity contribution is 0.0474. The lowest BCUT2D eigenvalue weighted by Gasteiger charge is -2.36. The zero-order chi connectivity index (χ0) is 25.0. The second kappa shape index (κ2) is 11.1. The summed E-state index contributed by atoms with van der Waals surface area (Å²) in [5.74, 6) is 0.622. The van der Waals surface area contributed by atoms with E-state index in [0.717, 1.165) is 56.4 Å². The van der Waals surface area contributed by atoms with E-state index >= 15 is 0 Å². The van der Waals surface area contributed by atoms with Crippen molar-refractivity contribution in [2.24, 2.45) is 5.92 Å². The molecule has 5 nitrogen and oxygen atoms in total. The molecule has 2 saturated heterocycles. The molecule has 1 atom stereocenters. The predicted molar refractivity (Wildman–Crippen MR) is 141 cm³/mol. The van der Waals surface area contributed by atoms with Gasteiger partial charge in [-0.15, -0.1) is 0 Å². The second-order valence-electron chi connectivity index (χ2n) is 11.0. The summed E-state index contributed by atoms with van der Waals surface area (Å²) in [6.07, 6.45) is 3.43. The molecule has 0 bridgehead atoms. The molecule has 2 heterocycles. The van der Waals surface area contributed by atoms with Crippen molar-refractivity contribution in [1.29, 1.82) is 0 Å². The number of nitrogens with zero attached hydrogens (tertiary/aromatic N) is 3. The van der Waals surface area contributed by atoms with E-state index in [9.17, 15) is 14.3 Å². The van der Waals surface area contributed by atoms with Gasteiger partial charge in [0, 0.05) is 44.5 Å². The molecule has 1 N–H and O–H groups in total. The number of likely N-dealkylation sites (tertiary alicyclic amines) is 2. The van der Waals surface area contributed by atoms with Crippen LogP contribution in [0.3, 0.4) is 0 Å². The molecule has 1 amide bonds. The van der Waals surface area contributed by atoms with E-state index in [2.05, 4.69) is 41.1 Å². The van der Waals surface area contributed by atoms with E-state index in [1.807, 2.05) is 24.3 Å². The van der Waals surface area contributed by atoms with Crippen molar-refractivity contribution in [3.63, 3.8) is 0 Å². The van der Waals surface area contributed by atoms with Crippen molar-refractivity contribution in [3.05, 3.63) is 54.1 Å². The molecule has 2 aliphatic rings. The van der Waals surface area contributed by atoms with Crippen LogP contribution in [0.4, 0.5) is 10.1 Å². The Hall–Kier alpha value is -2.44. The van der Waals surface area contributed by atoms with Crippen LogP contribution in [0.15, 0.2) is 48.5 Å². The average molecular weight is 482 g/mol. The fourth-order valence-corrected chi connectivity index (χ4v) is 5.39. The smallest absolute Gasteiger partial charge is 0.253 e. The minimum absolute atomic E-state index is 0.00786. The molecule has 2 aromatic carbocycles. The van der Waals surface area contributed by atoms with E-state index < -0.39 is 11.8 Å². The number of benzene rings is 2. The van der Waals surface area contributed by atoms with Crippen LogP contribution < -0.4 is 4.90 Å². The first-order chi connectivity index (χ1) is 16.7. The Kier molecular flexibility index (Phi) is 8.12. The molecular weight excluding hydrogens is 441 g/mol. The SMILES string of the molecule is CN(CC1CCN(CC(C)(C)F)CC1)c1ccc(-c2ccc(C(=O)N3CCCC(O)C3)cc2)cc1. The van der Waals surface area contributed by atoms with Crippen LogP contribution in [0, 0.1) is 5.92 Å². The summed E-state index contributed by atoms with van der Waals surface area (Å²) in [7, 11) is 2.14. The summed E-state index contributed by atoms with van der Waals surface area (Å²) in [4.78, 5) is 19.1. The lowest BCUT2D eigenvalue weighted by Crippen LogP contribution is -2.42. The molecule has 35 heavy (non-hydrogen) atoms. The number of amides is 1. The number of hydrogen-bond acceptors (Lipinski definition) is 4. The molecule has 190 valence electrons. The first kappa shape index (κ1) is 25.6. The van der Waals surface area contributed by atoms with Gasteiger partial charge in [-0.2, -0.15) is 0 Å². The summed E-state index contributed by atoms with van der Waals surface area (Å²) in [6.45, 7) is 7.93. The van der Waals surface area contributed by atoms with Gasteiger partial charge >= 0.3 is 0 Å². The van der Waals surface area contributed by atoms with Gasteiger partial charge in [-0.1, -0.05) is 24.3 Å². The maximum absolute atomic E-state index is 13.9. The summed E-state index contributed by atoms with van der Waals surface area (Å²) in [6, 6.07) is 16.3. The maximum Gasteiger partial charge on any atom is 0.253 e. The quantitative estimate of drug-likeness (QED) is 0.614. The van der Waals surface area contributed by atoms with E-state index in [1.54, 1.807) is 18.7 Å². The molecule has 0 radical (unpaired) electrons. The highest BCUT2D eigenvalue weighted by Gasteiger charge is 2.26. The summed E-state index contributed by atoms with van der Waals surface area (Å²) in [5.41, 5.74) is 2.93. The number of hydrogen-bond donors (Lipinski definition) is 1. The molecule has 0 aromatic heterocycles. The molecule has 4 rings (SSSR count). The van der Waals surface area contributed by atoms with Crippen molar-refractivity contribution in [3.8, 4) is 11.1 Å². The van der Waals surface area contributed by atoms with E-state index in [-0.39, 0.29) is 5.91 Å². The van der Waals surface area contributed by atoms with E-state index in [1.165, 1.54) is 5.69 Å². The molecule has 0 saturated carbocycles. The molecular formula is C29H40FN3O2. The minimum atomic E-state index is -1.13. The van der Waals surface area contributed by atoms with Crippen molar-refractivity contribution >= 4 is 11.6 Å². The average Bonchev–Trinajstić information content (AvgIpc) is 2.84. The largest absolute Gasteiger partial charge is 0.391 e. The zero-order valence-electron chi connectivity index (χ0n) is 21.4. The Morgan fingerprint density at radius 1 is 1.00 bits per heavy atom. The number of halogens is 1. The highest BCUT2D eigenvalue weighted by Crippen LogP contribution is 2.26. The number of aliphatic hydroxyl groups excluding tert-OH is 1. The van der Waals surface area contributed by atoms with Gasteiger partial charge in [0.05, 0.1) is 6.10 Å². The van der Waals surface area contributed by atoms with Gasteiger partial charge in [-0.25, -0.2) is 4.39 Å². The van der Waals surface area contributed by atoms with Crippen molar-refractivity contribution in [2.75, 3.05) is 51.2 Å². The van der Waals surface area contributed by atoms with Crippen LogP contribution in [0.1, 0.15) is 49.9 Å². The Morgan fingerprint density at radius 2 is 1.60 bits per heavy atom. The number of rotatable bonds is 7. The van der Waals surface area contributed by atoms with Crippen LogP contribution in [0.25, 0.3) is 11.1 Å². The van der Waals surface area contributed by atoms with Crippen molar-refractivity contribution in [2.45, 2.75) is 51.3 Å². The minimum Gasteiger partial charge on any atom is -0.391 e. The Balaban J connectivity index is 1.30. The second-order valence-corrected chi connectivity index (χ2v) is 11.0. The van der Waals surface area contributed by atoms with Crippen LogP contribution in [0.2, 0.25) is 0 Å². The van der Waals surface area contributed by atoms with Crippen molar-refractivity contribution < 1.29 is 14.3 Å². The summed E-state index contributed by atoms with van der Waals surface area (Å²) in [5, 5.41) is 9.86. The van der Waals surface area contributed by atoms with Gasteiger partial charge < -0.3 is 19.8 Å². The standard InChI is InChI=1S/C29H40FN3O2/c1-29(2,30)21-32-17-14-22(15-18-32)19-31(3)26-12-10-24(11-13-26)23-6-8-25(9-7-23)28(35)33-16-4-5-27(34)20-33/h6-13,22,27,34H,4-5,14-21H2,1-3H3. The number of β-amino-alcohol motifs (C(OH)–C–C–N with tert-alkyl or cyclic N) is 1. The monoisotopic (exact) mass is 481 g/mol. The van der Waals surface area contributed by atoms with Gasteiger partial charge in [0.15, 0.2) is 0 Å². The van der Waals surface area contributed by atoms with Crippen LogP contribution in [0.5, 0.6) is 0 Å². The number of carbonyl (C=O) groups is 1. The third kappa shape index (κ3) is 7.05. The third-order valence-corrected chi connectivity index (χ3v) is 7.30. The number of alkyl halides is 1. The van der Waals surface area contributed by atoms with Gasteiger partial charge in [-0.05, 0) is 93.9 Å². The van der Waals surface area contributed by atoms with Crippen molar-refractivity contribution in [1.82, 2.24) is 9.80 Å². The lowest BCUT2D eigenvalue weighted by atomic mass is 9.95. The molecule has 6 heteroatoms. The van der Waals surface area contributed by atoms with Gasteiger partial charge in [0.1, 0.15) is 5.67 Å². The Bertz CT molecular complexity index is 963. The maximum atomic E-state index is 13.9. The topological polar surface area (TPSA) is 47.0 Å². The summed E-state index contributed by atoms with van der Waals surface area (Å²) < 4.78 is 13.9. The first-order valence-electron chi connectivity index (χ1n) is 13.0. The van der Waals surface area contributed by atoms with Gasteiger partial charge in [-0.3, -0.25) is 4.79 Å². The first-order valence-corrected chi connectivity index (χ1v) is 13.0. The van der Waals surface area contributed by atoms with Crippen LogP contribution in [-0.4, -0.2) is 78.9 Å². The molecule has 0 spiro atoms. The molecule has 2 aromatic rings.